The van der Waals surface area contributed by atoms with Crippen LogP contribution in [-0.4, -0.2) is 4.98 Å². The molecule has 0 saturated heterocycles. The van der Waals surface area contributed by atoms with Crippen molar-refractivity contribution in [2.75, 3.05) is 0 Å². The Morgan fingerprint density at radius 3 is 2.47 bits per heavy atom. The molecule has 0 fully saturated rings. The Labute approximate surface area is 90.3 Å². The zero-order valence-corrected chi connectivity index (χ0v) is 9.76. The molecule has 0 spiro atoms. The van der Waals surface area contributed by atoms with Crippen LogP contribution in [-0.2, 0) is 0 Å². The summed E-state index contributed by atoms with van der Waals surface area (Å²) in [7, 11) is 0. The van der Waals surface area contributed by atoms with E-state index in [2.05, 4.69) is 18.8 Å². The zero-order valence-electron chi connectivity index (χ0n) is 9.76. The molecule has 1 aromatic carbocycles. The highest BCUT2D eigenvalue weighted by molar-refractivity contribution is 5.83. The van der Waals surface area contributed by atoms with Gasteiger partial charge in [0.2, 0.25) is 0 Å². The second kappa shape index (κ2) is 4.96. The average molecular weight is 207 g/mol. The summed E-state index contributed by atoms with van der Waals surface area (Å²) in [5, 5.41) is 1.12. The van der Waals surface area contributed by atoms with Crippen LogP contribution in [0.25, 0.3) is 10.9 Å². The Morgan fingerprint density at radius 1 is 1.20 bits per heavy atom. The van der Waals surface area contributed by atoms with Crippen LogP contribution >= 0.6 is 0 Å². The Bertz CT molecular complexity index is 429. The minimum Gasteiger partial charge on any atom is -0.361 e. The Kier molecular flexibility index (Phi) is 3.89. The number of aromatic nitrogens is 1. The molecule has 0 amide bonds. The molecular weight excluding hydrogens is 189 g/mol. The van der Waals surface area contributed by atoms with E-state index in [-0.39, 0.29) is 5.82 Å². The second-order valence-corrected chi connectivity index (χ2v) is 3.59. The lowest BCUT2D eigenvalue weighted by Gasteiger charge is -2.06. The van der Waals surface area contributed by atoms with Crippen LogP contribution in [0.4, 0.5) is 4.39 Å². The molecule has 2 rings (SSSR count). The second-order valence-electron chi connectivity index (χ2n) is 3.59. The van der Waals surface area contributed by atoms with Gasteiger partial charge in [-0.2, -0.15) is 0 Å². The Hall–Kier alpha value is -1.31. The molecule has 82 valence electrons. The third kappa shape index (κ3) is 2.38. The van der Waals surface area contributed by atoms with E-state index >= 15 is 0 Å². The molecule has 1 nitrogen and oxygen atoms in total. The summed E-state index contributed by atoms with van der Waals surface area (Å²) in [6.07, 6.45) is 1.84. The number of halogens is 1. The minimum atomic E-state index is -0.168. The van der Waals surface area contributed by atoms with Crippen molar-refractivity contribution in [3.63, 3.8) is 0 Å². The molecule has 1 aromatic heterocycles. The quantitative estimate of drug-likeness (QED) is 0.710. The van der Waals surface area contributed by atoms with Crippen LogP contribution in [0.2, 0.25) is 0 Å². The normalized spacial score (nSPS) is 10.3. The predicted octanol–water partition coefficient (Wildman–Crippen LogP) is 4.46. The van der Waals surface area contributed by atoms with Gasteiger partial charge in [0, 0.05) is 17.1 Å². The summed E-state index contributed by atoms with van der Waals surface area (Å²) in [6, 6.07) is 5.13. The van der Waals surface area contributed by atoms with Gasteiger partial charge in [-0.05, 0) is 29.7 Å². The first-order chi connectivity index (χ1) is 7.18. The number of aromatic amines is 1. The van der Waals surface area contributed by atoms with E-state index in [1.54, 1.807) is 6.07 Å². The summed E-state index contributed by atoms with van der Waals surface area (Å²) >= 11 is 0. The monoisotopic (exact) mass is 207 g/mol. The third-order valence-corrected chi connectivity index (χ3v) is 2.29. The average Bonchev–Trinajstić information content (AvgIpc) is 2.67. The molecular formula is C13H18FN. The van der Waals surface area contributed by atoms with Crippen molar-refractivity contribution in [3.8, 4) is 0 Å². The van der Waals surface area contributed by atoms with Gasteiger partial charge < -0.3 is 4.98 Å². The SMILES string of the molecule is CC.CC(C)c1cc(F)cc2[nH]ccc12. The summed E-state index contributed by atoms with van der Waals surface area (Å²) in [5.41, 5.74) is 1.94. The topological polar surface area (TPSA) is 15.8 Å². The molecule has 0 atom stereocenters. The van der Waals surface area contributed by atoms with Crippen LogP contribution in [0.1, 0.15) is 39.2 Å². The highest BCUT2D eigenvalue weighted by Crippen LogP contribution is 2.25. The van der Waals surface area contributed by atoms with Crippen molar-refractivity contribution in [1.82, 2.24) is 4.98 Å². The van der Waals surface area contributed by atoms with Crippen LogP contribution in [0.5, 0.6) is 0 Å². The lowest BCUT2D eigenvalue weighted by Crippen LogP contribution is -1.89. The molecule has 2 heteroatoms. The molecule has 1 heterocycles. The van der Waals surface area contributed by atoms with Crippen molar-refractivity contribution in [3.05, 3.63) is 35.8 Å². The third-order valence-electron chi connectivity index (χ3n) is 2.29. The number of hydrogen-bond acceptors (Lipinski definition) is 0. The number of rotatable bonds is 1. The molecule has 0 bridgehead atoms. The van der Waals surface area contributed by atoms with Gasteiger partial charge in [0.05, 0.1) is 0 Å². The number of fused-ring (bicyclic) bond motifs is 1. The summed E-state index contributed by atoms with van der Waals surface area (Å²) < 4.78 is 13.1. The van der Waals surface area contributed by atoms with Gasteiger partial charge in [-0.15, -0.1) is 0 Å². The molecule has 0 aliphatic heterocycles. The van der Waals surface area contributed by atoms with Crippen molar-refractivity contribution in [2.24, 2.45) is 0 Å². The lowest BCUT2D eigenvalue weighted by molar-refractivity contribution is 0.625. The first kappa shape index (κ1) is 11.8. The smallest absolute Gasteiger partial charge is 0.125 e. The van der Waals surface area contributed by atoms with Gasteiger partial charge in [0.15, 0.2) is 0 Å². The van der Waals surface area contributed by atoms with Crippen molar-refractivity contribution in [2.45, 2.75) is 33.6 Å². The lowest BCUT2D eigenvalue weighted by atomic mass is 9.99. The zero-order chi connectivity index (χ0) is 11.4. The van der Waals surface area contributed by atoms with Crippen molar-refractivity contribution < 1.29 is 4.39 Å². The van der Waals surface area contributed by atoms with E-state index in [1.807, 2.05) is 26.1 Å². The van der Waals surface area contributed by atoms with Crippen LogP contribution in [0, 0.1) is 5.82 Å². The highest BCUT2D eigenvalue weighted by atomic mass is 19.1. The molecule has 0 aliphatic carbocycles. The van der Waals surface area contributed by atoms with Crippen LogP contribution in [0.15, 0.2) is 24.4 Å². The number of hydrogen-bond donors (Lipinski definition) is 1. The number of H-pyrrole nitrogens is 1. The van der Waals surface area contributed by atoms with E-state index < -0.39 is 0 Å². The largest absolute Gasteiger partial charge is 0.361 e. The first-order valence-corrected chi connectivity index (χ1v) is 5.45. The van der Waals surface area contributed by atoms with E-state index in [1.165, 1.54) is 6.07 Å². The fourth-order valence-electron chi connectivity index (χ4n) is 1.64. The van der Waals surface area contributed by atoms with Gasteiger partial charge in [0.1, 0.15) is 5.82 Å². The summed E-state index contributed by atoms with van der Waals surface area (Å²) in [4.78, 5) is 3.02. The van der Waals surface area contributed by atoms with Crippen LogP contribution < -0.4 is 0 Å². The number of benzene rings is 1. The van der Waals surface area contributed by atoms with E-state index in [0.717, 1.165) is 16.5 Å². The fraction of sp³-hybridized carbons (Fsp3) is 0.385. The van der Waals surface area contributed by atoms with Gasteiger partial charge in [-0.1, -0.05) is 27.7 Å². The van der Waals surface area contributed by atoms with E-state index in [4.69, 9.17) is 0 Å². The van der Waals surface area contributed by atoms with Crippen molar-refractivity contribution in [1.29, 1.82) is 0 Å². The highest BCUT2D eigenvalue weighted by Gasteiger charge is 2.07. The summed E-state index contributed by atoms with van der Waals surface area (Å²) in [6.45, 7) is 8.14. The van der Waals surface area contributed by atoms with Gasteiger partial charge in [-0.3, -0.25) is 0 Å². The predicted molar refractivity (Wildman–Crippen MR) is 63.7 cm³/mol. The standard InChI is InChI=1S/C11H12FN.C2H6/c1-7(2)10-5-8(12)6-11-9(10)3-4-13-11;1-2/h3-7,13H,1-2H3;1-2H3. The van der Waals surface area contributed by atoms with E-state index in [0.29, 0.717) is 5.92 Å². The Balaban J connectivity index is 0.000000531. The minimum absolute atomic E-state index is 0.168. The maximum Gasteiger partial charge on any atom is 0.125 e. The first-order valence-electron chi connectivity index (χ1n) is 5.45. The molecule has 0 aliphatic rings. The van der Waals surface area contributed by atoms with E-state index in [9.17, 15) is 4.39 Å². The molecule has 0 radical (unpaired) electrons. The van der Waals surface area contributed by atoms with Gasteiger partial charge in [0.25, 0.3) is 0 Å². The molecule has 0 saturated carbocycles. The molecule has 1 N–H and O–H groups in total. The maximum atomic E-state index is 13.1. The maximum absolute atomic E-state index is 13.1. The van der Waals surface area contributed by atoms with Crippen LogP contribution in [0.3, 0.4) is 0 Å². The van der Waals surface area contributed by atoms with Gasteiger partial charge in [-0.25, -0.2) is 4.39 Å². The summed E-state index contributed by atoms with van der Waals surface area (Å²) in [5.74, 6) is 0.188. The van der Waals surface area contributed by atoms with Crippen molar-refractivity contribution >= 4 is 10.9 Å². The fourth-order valence-corrected chi connectivity index (χ4v) is 1.64. The molecule has 2 aromatic rings. The molecule has 0 unspecified atom stereocenters. The number of nitrogens with one attached hydrogen (secondary N) is 1. The molecule has 15 heavy (non-hydrogen) atoms. The Morgan fingerprint density at radius 2 is 1.87 bits per heavy atom. The van der Waals surface area contributed by atoms with Gasteiger partial charge >= 0.3 is 0 Å².